The third-order valence-electron chi connectivity index (χ3n) is 3.25. The first-order valence-corrected chi connectivity index (χ1v) is 6.09. The molecule has 0 atom stereocenters. The summed E-state index contributed by atoms with van der Waals surface area (Å²) in [5.41, 5.74) is 2.44. The zero-order valence-electron chi connectivity index (χ0n) is 10.8. The summed E-state index contributed by atoms with van der Waals surface area (Å²) >= 11 is 0. The first-order chi connectivity index (χ1) is 9.74. The van der Waals surface area contributed by atoms with Crippen molar-refractivity contribution in [3.63, 3.8) is 0 Å². The molecule has 2 aromatic carbocycles. The normalized spacial score (nSPS) is 10.4. The number of para-hydroxylation sites is 1. The van der Waals surface area contributed by atoms with Crippen LogP contribution in [0.3, 0.4) is 0 Å². The van der Waals surface area contributed by atoms with E-state index in [4.69, 9.17) is 4.74 Å². The lowest BCUT2D eigenvalue weighted by Crippen LogP contribution is -1.91. The van der Waals surface area contributed by atoms with Crippen LogP contribution in [0, 0.1) is 17.1 Å². The number of hydrogen-bond donors (Lipinski definition) is 1. The first-order valence-electron chi connectivity index (χ1n) is 6.09. The lowest BCUT2D eigenvalue weighted by Gasteiger charge is -2.07. The molecule has 0 aliphatic heterocycles. The Hall–Kier alpha value is -2.80. The molecule has 98 valence electrons. The molecular weight excluding hydrogens is 255 g/mol. The number of aromatic nitrogens is 1. The average Bonchev–Trinajstić information content (AvgIpc) is 2.85. The molecule has 3 aromatic rings. The van der Waals surface area contributed by atoms with Crippen LogP contribution in [0.25, 0.3) is 22.2 Å². The number of nitriles is 1. The fourth-order valence-electron chi connectivity index (χ4n) is 2.34. The minimum Gasteiger partial charge on any atom is -0.496 e. The molecule has 0 spiro atoms. The largest absolute Gasteiger partial charge is 0.496 e. The Balaban J connectivity index is 2.35. The maximum atomic E-state index is 13.5. The highest BCUT2D eigenvalue weighted by Crippen LogP contribution is 2.35. The van der Waals surface area contributed by atoms with Gasteiger partial charge in [-0.3, -0.25) is 0 Å². The number of nitrogens with zero attached hydrogens (tertiary/aromatic N) is 1. The van der Waals surface area contributed by atoms with E-state index in [1.165, 1.54) is 19.2 Å². The Bertz CT molecular complexity index is 830. The smallest absolute Gasteiger partial charge is 0.128 e. The van der Waals surface area contributed by atoms with Crippen molar-refractivity contribution in [3.05, 3.63) is 53.8 Å². The van der Waals surface area contributed by atoms with Gasteiger partial charge >= 0.3 is 0 Å². The number of rotatable bonds is 2. The zero-order valence-corrected chi connectivity index (χ0v) is 10.8. The second kappa shape index (κ2) is 4.71. The number of nitrogens with one attached hydrogen (secondary N) is 1. The molecule has 4 heteroatoms. The number of aromatic amines is 1. The van der Waals surface area contributed by atoms with E-state index in [1.807, 2.05) is 24.3 Å². The molecule has 0 unspecified atom stereocenters. The van der Waals surface area contributed by atoms with Crippen molar-refractivity contribution >= 4 is 10.9 Å². The van der Waals surface area contributed by atoms with Crippen LogP contribution < -0.4 is 4.74 Å². The van der Waals surface area contributed by atoms with Crippen LogP contribution in [0.2, 0.25) is 0 Å². The van der Waals surface area contributed by atoms with Crippen LogP contribution in [-0.2, 0) is 0 Å². The molecule has 20 heavy (non-hydrogen) atoms. The van der Waals surface area contributed by atoms with Gasteiger partial charge in [-0.2, -0.15) is 5.26 Å². The van der Waals surface area contributed by atoms with Crippen molar-refractivity contribution in [1.82, 2.24) is 4.98 Å². The van der Waals surface area contributed by atoms with Crippen LogP contribution in [0.4, 0.5) is 4.39 Å². The zero-order chi connectivity index (χ0) is 14.1. The molecule has 0 aliphatic rings. The quantitative estimate of drug-likeness (QED) is 0.765. The molecule has 1 aromatic heterocycles. The van der Waals surface area contributed by atoms with E-state index in [1.54, 1.807) is 6.07 Å². The van der Waals surface area contributed by atoms with Gasteiger partial charge in [-0.1, -0.05) is 18.2 Å². The standard InChI is InChI=1S/C16H11FN2O/c1-20-15-7-6-10(17)8-12(15)16-13(9-18)11-4-2-3-5-14(11)19-16/h2-8,19H,1H3. The summed E-state index contributed by atoms with van der Waals surface area (Å²) in [7, 11) is 1.52. The Kier molecular flexibility index (Phi) is 2.88. The molecule has 3 nitrogen and oxygen atoms in total. The van der Waals surface area contributed by atoms with Gasteiger partial charge in [-0.05, 0) is 24.3 Å². The van der Waals surface area contributed by atoms with Gasteiger partial charge in [0.1, 0.15) is 17.6 Å². The molecule has 0 fully saturated rings. The minimum atomic E-state index is -0.372. The van der Waals surface area contributed by atoms with Gasteiger partial charge < -0.3 is 9.72 Å². The minimum absolute atomic E-state index is 0.372. The number of H-pyrrole nitrogens is 1. The van der Waals surface area contributed by atoms with E-state index < -0.39 is 0 Å². The second-order valence-electron chi connectivity index (χ2n) is 4.38. The number of halogens is 1. The summed E-state index contributed by atoms with van der Waals surface area (Å²) < 4.78 is 18.8. The average molecular weight is 266 g/mol. The maximum Gasteiger partial charge on any atom is 0.128 e. The van der Waals surface area contributed by atoms with Gasteiger partial charge in [0.25, 0.3) is 0 Å². The number of benzene rings is 2. The Labute approximate surface area is 115 Å². The van der Waals surface area contributed by atoms with Crippen molar-refractivity contribution in [2.45, 2.75) is 0 Å². The van der Waals surface area contributed by atoms with Crippen LogP contribution in [0.1, 0.15) is 5.56 Å². The van der Waals surface area contributed by atoms with Crippen molar-refractivity contribution in [2.24, 2.45) is 0 Å². The number of fused-ring (bicyclic) bond motifs is 1. The molecule has 3 rings (SSSR count). The van der Waals surface area contributed by atoms with Gasteiger partial charge in [0.2, 0.25) is 0 Å². The van der Waals surface area contributed by atoms with Crippen LogP contribution in [-0.4, -0.2) is 12.1 Å². The van der Waals surface area contributed by atoms with Gasteiger partial charge in [0.05, 0.1) is 18.4 Å². The van der Waals surface area contributed by atoms with Gasteiger partial charge in [0, 0.05) is 16.5 Å². The predicted octanol–water partition coefficient (Wildman–Crippen LogP) is 3.85. The van der Waals surface area contributed by atoms with Crippen LogP contribution >= 0.6 is 0 Å². The van der Waals surface area contributed by atoms with Gasteiger partial charge in [0.15, 0.2) is 0 Å². The van der Waals surface area contributed by atoms with E-state index in [0.29, 0.717) is 22.6 Å². The molecule has 0 saturated carbocycles. The Morgan fingerprint density at radius 2 is 2.00 bits per heavy atom. The highest BCUT2D eigenvalue weighted by molar-refractivity contribution is 5.94. The molecule has 0 radical (unpaired) electrons. The fourth-order valence-corrected chi connectivity index (χ4v) is 2.34. The lowest BCUT2D eigenvalue weighted by molar-refractivity contribution is 0.415. The third kappa shape index (κ3) is 1.81. The molecule has 1 heterocycles. The fraction of sp³-hybridized carbons (Fsp3) is 0.0625. The van der Waals surface area contributed by atoms with Gasteiger partial charge in [-0.25, -0.2) is 4.39 Å². The monoisotopic (exact) mass is 266 g/mol. The van der Waals surface area contributed by atoms with Crippen molar-refractivity contribution in [1.29, 1.82) is 5.26 Å². The highest BCUT2D eigenvalue weighted by Gasteiger charge is 2.16. The Morgan fingerprint density at radius 3 is 2.75 bits per heavy atom. The lowest BCUT2D eigenvalue weighted by atomic mass is 10.1. The Morgan fingerprint density at radius 1 is 1.20 bits per heavy atom. The van der Waals surface area contributed by atoms with E-state index >= 15 is 0 Å². The topological polar surface area (TPSA) is 48.8 Å². The molecule has 0 amide bonds. The van der Waals surface area contributed by atoms with Crippen molar-refractivity contribution in [2.75, 3.05) is 7.11 Å². The molecule has 0 aliphatic carbocycles. The molecule has 0 bridgehead atoms. The summed E-state index contributed by atoms with van der Waals surface area (Å²) in [4.78, 5) is 3.16. The summed E-state index contributed by atoms with van der Waals surface area (Å²) in [6, 6.07) is 13.9. The van der Waals surface area contributed by atoms with E-state index in [0.717, 1.165) is 10.9 Å². The highest BCUT2D eigenvalue weighted by atomic mass is 19.1. The van der Waals surface area contributed by atoms with Gasteiger partial charge in [-0.15, -0.1) is 0 Å². The second-order valence-corrected chi connectivity index (χ2v) is 4.38. The van der Waals surface area contributed by atoms with E-state index in [2.05, 4.69) is 11.1 Å². The molecule has 1 N–H and O–H groups in total. The SMILES string of the molecule is COc1ccc(F)cc1-c1[nH]c2ccccc2c1C#N. The molecule has 0 saturated heterocycles. The maximum absolute atomic E-state index is 13.5. The number of ether oxygens (including phenoxy) is 1. The predicted molar refractivity (Wildman–Crippen MR) is 75.0 cm³/mol. The number of hydrogen-bond acceptors (Lipinski definition) is 2. The van der Waals surface area contributed by atoms with Crippen molar-refractivity contribution in [3.8, 4) is 23.1 Å². The van der Waals surface area contributed by atoms with E-state index in [9.17, 15) is 9.65 Å². The number of methoxy groups -OCH3 is 1. The summed E-state index contributed by atoms with van der Waals surface area (Å²) in [6.45, 7) is 0. The van der Waals surface area contributed by atoms with E-state index in [-0.39, 0.29) is 5.82 Å². The van der Waals surface area contributed by atoms with Crippen LogP contribution in [0.5, 0.6) is 5.75 Å². The summed E-state index contributed by atoms with van der Waals surface area (Å²) in [6.07, 6.45) is 0. The molecular formula is C16H11FN2O. The third-order valence-corrected chi connectivity index (χ3v) is 3.25. The summed E-state index contributed by atoms with van der Waals surface area (Å²) in [5.74, 6) is 0.151. The summed E-state index contributed by atoms with van der Waals surface area (Å²) in [5, 5.41) is 10.2. The van der Waals surface area contributed by atoms with Crippen molar-refractivity contribution < 1.29 is 9.13 Å². The van der Waals surface area contributed by atoms with Crippen LogP contribution in [0.15, 0.2) is 42.5 Å². The first kappa shape index (κ1) is 12.2.